The highest BCUT2D eigenvalue weighted by molar-refractivity contribution is 5.47. The molecule has 0 amide bonds. The summed E-state index contributed by atoms with van der Waals surface area (Å²) < 4.78 is 0. The van der Waals surface area contributed by atoms with Crippen LogP contribution < -0.4 is 5.43 Å². The molecule has 0 aliphatic carbocycles. The Morgan fingerprint density at radius 1 is 1.17 bits per heavy atom. The average molecular weight is 165 g/mol. The van der Waals surface area contributed by atoms with Crippen molar-refractivity contribution in [2.75, 3.05) is 0 Å². The first kappa shape index (κ1) is 9.01. The molecule has 12 heavy (non-hydrogen) atoms. The second-order valence-electron chi connectivity index (χ2n) is 3.54. The van der Waals surface area contributed by atoms with E-state index in [4.69, 9.17) is 0 Å². The Hall–Kier alpha value is -1.08. The molecule has 1 aliphatic rings. The lowest BCUT2D eigenvalue weighted by Crippen LogP contribution is -2.17. The van der Waals surface area contributed by atoms with E-state index in [2.05, 4.69) is 49.2 Å². The lowest BCUT2D eigenvalue weighted by molar-refractivity contribution is 0.613. The number of allylic oxidation sites excluding steroid dienone is 2. The van der Waals surface area contributed by atoms with Crippen LogP contribution in [0.25, 0.3) is 0 Å². The first-order valence-corrected chi connectivity index (χ1v) is 4.28. The number of hydrogen-bond acceptors (Lipinski definition) is 3. The predicted octanol–water partition coefficient (Wildman–Crippen LogP) is 2.20. The molecule has 66 valence electrons. The third-order valence-corrected chi connectivity index (χ3v) is 1.80. The van der Waals surface area contributed by atoms with Gasteiger partial charge in [0.1, 0.15) is 6.01 Å². The van der Waals surface area contributed by atoms with Crippen LogP contribution in [0, 0.1) is 11.8 Å². The van der Waals surface area contributed by atoms with Crippen molar-refractivity contribution in [2.45, 2.75) is 27.7 Å². The van der Waals surface area contributed by atoms with Gasteiger partial charge in [0.15, 0.2) is 0 Å². The van der Waals surface area contributed by atoms with Crippen LogP contribution in [0.15, 0.2) is 21.5 Å². The maximum Gasteiger partial charge on any atom is 0.120 e. The second-order valence-corrected chi connectivity index (χ2v) is 3.54. The minimum atomic E-state index is 0.429. The zero-order valence-electron chi connectivity index (χ0n) is 8.05. The highest BCUT2D eigenvalue weighted by atomic mass is 15.3. The van der Waals surface area contributed by atoms with E-state index in [1.165, 1.54) is 0 Å². The summed E-state index contributed by atoms with van der Waals surface area (Å²) in [5, 5.41) is 3.79. The van der Waals surface area contributed by atoms with Crippen LogP contribution in [0.1, 0.15) is 27.7 Å². The van der Waals surface area contributed by atoms with Gasteiger partial charge in [0, 0.05) is 0 Å². The van der Waals surface area contributed by atoms with E-state index < -0.39 is 0 Å². The molecule has 0 unspecified atom stereocenters. The molecule has 1 N–H and O–H groups in total. The number of hydrogen-bond donors (Lipinski definition) is 1. The van der Waals surface area contributed by atoms with Crippen LogP contribution in [-0.2, 0) is 0 Å². The van der Waals surface area contributed by atoms with Crippen molar-refractivity contribution in [3.8, 4) is 0 Å². The fourth-order valence-corrected chi connectivity index (χ4v) is 1.15. The predicted molar refractivity (Wildman–Crippen MR) is 49.7 cm³/mol. The zero-order chi connectivity index (χ0) is 9.14. The summed E-state index contributed by atoms with van der Waals surface area (Å²) in [5.41, 5.74) is 5.13. The molecule has 0 bridgehead atoms. The Morgan fingerprint density at radius 2 is 1.83 bits per heavy atom. The van der Waals surface area contributed by atoms with E-state index in [0.29, 0.717) is 11.8 Å². The van der Waals surface area contributed by atoms with Crippen LogP contribution >= 0.6 is 0 Å². The smallest absolute Gasteiger partial charge is 0.120 e. The Labute approximate surface area is 73.3 Å². The highest BCUT2D eigenvalue weighted by Gasteiger charge is 2.14. The minimum absolute atomic E-state index is 0.429. The normalized spacial score (nSPS) is 16.2. The fraction of sp³-hybridized carbons (Fsp3) is 0.667. The summed E-state index contributed by atoms with van der Waals surface area (Å²) >= 11 is 0. The summed E-state index contributed by atoms with van der Waals surface area (Å²) in [6.45, 7) is 8.49. The molecular weight excluding hydrogens is 150 g/mol. The van der Waals surface area contributed by atoms with Crippen molar-refractivity contribution < 1.29 is 0 Å². The van der Waals surface area contributed by atoms with E-state index in [1.807, 2.05) is 0 Å². The standard InChI is InChI=1S/C9H15N3/c1-6(2)8-9(7(3)4)12-11-5-10-8/h6-7,12H,1-4H3. The number of nitrogens with one attached hydrogen (secondary N) is 1. The van der Waals surface area contributed by atoms with Crippen molar-refractivity contribution in [1.82, 2.24) is 5.43 Å². The second kappa shape index (κ2) is 3.55. The van der Waals surface area contributed by atoms with Gasteiger partial charge in [0.05, 0.1) is 11.4 Å². The molecule has 0 radical (unpaired) electrons. The monoisotopic (exact) mass is 165 g/mol. The summed E-state index contributed by atoms with van der Waals surface area (Å²) in [5.74, 6) is 0.870. The van der Waals surface area contributed by atoms with Gasteiger partial charge in [-0.2, -0.15) is 4.99 Å². The molecule has 0 aromatic rings. The topological polar surface area (TPSA) is 36.8 Å². The lowest BCUT2D eigenvalue weighted by atomic mass is 10.0. The minimum Gasteiger partial charge on any atom is -0.271 e. The molecule has 1 heterocycles. The van der Waals surface area contributed by atoms with E-state index in [1.54, 1.807) is 0 Å². The van der Waals surface area contributed by atoms with Crippen LogP contribution in [0.5, 0.6) is 0 Å². The molecule has 3 nitrogen and oxygen atoms in total. The Bertz CT molecular complexity index is 255. The van der Waals surface area contributed by atoms with Crippen LogP contribution in [0.2, 0.25) is 0 Å². The van der Waals surface area contributed by atoms with Crippen molar-refractivity contribution in [1.29, 1.82) is 0 Å². The van der Waals surface area contributed by atoms with Gasteiger partial charge in [-0.25, -0.2) is 0 Å². The first-order chi connectivity index (χ1) is 5.63. The summed E-state index contributed by atoms with van der Waals surface area (Å²) in [6.07, 6.45) is 0. The van der Waals surface area contributed by atoms with Gasteiger partial charge < -0.3 is 0 Å². The summed E-state index contributed by atoms with van der Waals surface area (Å²) in [6, 6.07) is 2.58. The van der Waals surface area contributed by atoms with E-state index >= 15 is 0 Å². The zero-order valence-corrected chi connectivity index (χ0v) is 8.05. The van der Waals surface area contributed by atoms with E-state index in [0.717, 1.165) is 11.4 Å². The number of nitrogens with zero attached hydrogens (tertiary/aromatic N) is 2. The van der Waals surface area contributed by atoms with Gasteiger partial charge in [0.25, 0.3) is 0 Å². The number of hydrazone groups is 1. The number of rotatable bonds is 2. The molecule has 0 saturated heterocycles. The van der Waals surface area contributed by atoms with Crippen molar-refractivity contribution in [2.24, 2.45) is 21.9 Å². The van der Waals surface area contributed by atoms with Crippen LogP contribution in [0.3, 0.4) is 0 Å². The van der Waals surface area contributed by atoms with Crippen LogP contribution in [-0.4, -0.2) is 6.01 Å². The largest absolute Gasteiger partial charge is 0.271 e. The highest BCUT2D eigenvalue weighted by Crippen LogP contribution is 2.21. The molecule has 0 saturated carbocycles. The third kappa shape index (κ3) is 1.74. The Balaban J connectivity index is 2.99. The van der Waals surface area contributed by atoms with Crippen LogP contribution in [0.4, 0.5) is 0 Å². The molecule has 0 spiro atoms. The van der Waals surface area contributed by atoms with Gasteiger partial charge >= 0.3 is 0 Å². The first-order valence-electron chi connectivity index (χ1n) is 4.28. The molecular formula is C9H15N3. The molecule has 3 heteroatoms. The molecule has 1 aliphatic heterocycles. The fourth-order valence-electron chi connectivity index (χ4n) is 1.15. The Morgan fingerprint density at radius 3 is 2.25 bits per heavy atom. The lowest BCUT2D eigenvalue weighted by Gasteiger charge is -2.17. The molecule has 1 rings (SSSR count). The maximum atomic E-state index is 4.13. The number of aliphatic imine (C=N–C) groups is 1. The van der Waals surface area contributed by atoms with Crippen molar-refractivity contribution >= 4 is 6.01 Å². The van der Waals surface area contributed by atoms with Gasteiger partial charge in [-0.1, -0.05) is 27.7 Å². The van der Waals surface area contributed by atoms with Crippen molar-refractivity contribution in [3.63, 3.8) is 0 Å². The van der Waals surface area contributed by atoms with Gasteiger partial charge in [0.2, 0.25) is 0 Å². The van der Waals surface area contributed by atoms with Gasteiger partial charge in [-0.3, -0.25) is 5.43 Å². The van der Waals surface area contributed by atoms with Crippen molar-refractivity contribution in [3.05, 3.63) is 11.4 Å². The molecule has 0 fully saturated rings. The quantitative estimate of drug-likeness (QED) is 0.669. The third-order valence-electron chi connectivity index (χ3n) is 1.80. The van der Waals surface area contributed by atoms with Gasteiger partial charge in [-0.15, -0.1) is 5.10 Å². The SMILES string of the molecule is CC(C)C1=C(C(C)C)NN=C=N1. The molecule has 0 aromatic heterocycles. The van der Waals surface area contributed by atoms with E-state index in [9.17, 15) is 0 Å². The van der Waals surface area contributed by atoms with E-state index in [-0.39, 0.29) is 0 Å². The maximum absolute atomic E-state index is 4.13. The molecule has 0 atom stereocenters. The molecule has 0 aromatic carbocycles. The van der Waals surface area contributed by atoms with Gasteiger partial charge in [-0.05, 0) is 11.8 Å². The Kier molecular flexibility index (Phi) is 2.66. The summed E-state index contributed by atoms with van der Waals surface area (Å²) in [4.78, 5) is 4.13. The average Bonchev–Trinajstić information content (AvgIpc) is 2.04. The summed E-state index contributed by atoms with van der Waals surface area (Å²) in [7, 11) is 0.